The number of sulfonamides is 1. The van der Waals surface area contributed by atoms with Crippen molar-refractivity contribution in [2.75, 3.05) is 17.1 Å². The predicted octanol–water partition coefficient (Wildman–Crippen LogP) is 5.27. The lowest BCUT2D eigenvalue weighted by molar-refractivity contribution is 0.102. The van der Waals surface area contributed by atoms with Gasteiger partial charge in [0, 0.05) is 0 Å². The van der Waals surface area contributed by atoms with Crippen LogP contribution < -0.4 is 14.8 Å². The molecule has 1 amide bonds. The molecule has 6 nitrogen and oxygen atoms in total. The lowest BCUT2D eigenvalue weighted by atomic mass is 10.0. The molecule has 0 saturated heterocycles. The van der Waals surface area contributed by atoms with Crippen LogP contribution >= 0.6 is 11.3 Å². The summed E-state index contributed by atoms with van der Waals surface area (Å²) >= 11 is 1.11. The molecule has 0 unspecified atom stereocenters. The van der Waals surface area contributed by atoms with E-state index in [-0.39, 0.29) is 15.5 Å². The predicted molar refractivity (Wildman–Crippen MR) is 125 cm³/mol. The third-order valence-corrected chi connectivity index (χ3v) is 7.50. The van der Waals surface area contributed by atoms with E-state index in [1.165, 1.54) is 13.2 Å². The maximum absolute atomic E-state index is 13.2. The molecule has 2 N–H and O–H groups in total. The van der Waals surface area contributed by atoms with E-state index in [2.05, 4.69) is 10.0 Å². The molecule has 158 valence electrons. The van der Waals surface area contributed by atoms with Crippen molar-refractivity contribution in [3.8, 4) is 5.75 Å². The third kappa shape index (κ3) is 4.40. The largest absolute Gasteiger partial charge is 0.495 e. The average molecular weight is 453 g/mol. The van der Waals surface area contributed by atoms with Crippen LogP contribution in [0.3, 0.4) is 0 Å². The Morgan fingerprint density at radius 3 is 2.35 bits per heavy atom. The summed E-state index contributed by atoms with van der Waals surface area (Å²) in [7, 11) is -2.30. The fourth-order valence-electron chi connectivity index (χ4n) is 3.23. The van der Waals surface area contributed by atoms with Crippen LogP contribution in [0, 0.1) is 6.92 Å². The summed E-state index contributed by atoms with van der Waals surface area (Å²) < 4.78 is 33.7. The molecule has 0 aliphatic carbocycles. The number of methoxy groups -OCH3 is 1. The van der Waals surface area contributed by atoms with Crippen LogP contribution in [0.2, 0.25) is 0 Å². The van der Waals surface area contributed by atoms with E-state index in [1.54, 1.807) is 35.7 Å². The molecule has 0 saturated carbocycles. The van der Waals surface area contributed by atoms with Crippen LogP contribution in [0.1, 0.15) is 15.9 Å². The minimum Gasteiger partial charge on any atom is -0.495 e. The van der Waals surface area contributed by atoms with Gasteiger partial charge >= 0.3 is 0 Å². The maximum Gasteiger partial charge on any atom is 0.271 e. The van der Waals surface area contributed by atoms with Gasteiger partial charge in [-0.2, -0.15) is 0 Å². The van der Waals surface area contributed by atoms with Crippen molar-refractivity contribution in [1.29, 1.82) is 0 Å². The molecule has 31 heavy (non-hydrogen) atoms. The highest BCUT2D eigenvalue weighted by Gasteiger charge is 2.21. The highest BCUT2D eigenvalue weighted by atomic mass is 32.2. The van der Waals surface area contributed by atoms with Crippen molar-refractivity contribution in [1.82, 2.24) is 0 Å². The number of nitrogens with one attached hydrogen (secondary N) is 2. The number of benzene rings is 3. The fraction of sp³-hybridized carbons (Fsp3) is 0.0870. The van der Waals surface area contributed by atoms with Gasteiger partial charge in [-0.25, -0.2) is 8.42 Å². The first-order valence-corrected chi connectivity index (χ1v) is 11.8. The average Bonchev–Trinajstić information content (AvgIpc) is 3.29. The van der Waals surface area contributed by atoms with Crippen LogP contribution in [0.4, 0.5) is 11.4 Å². The molecule has 0 fully saturated rings. The number of hydrogen-bond donors (Lipinski definition) is 2. The van der Waals surface area contributed by atoms with Crippen LogP contribution in [-0.2, 0) is 10.0 Å². The summed E-state index contributed by atoms with van der Waals surface area (Å²) in [6.45, 7) is 1.91. The highest BCUT2D eigenvalue weighted by molar-refractivity contribution is 7.94. The number of anilines is 2. The van der Waals surface area contributed by atoms with Crippen molar-refractivity contribution >= 4 is 49.4 Å². The molecule has 8 heteroatoms. The number of hydrogen-bond acceptors (Lipinski definition) is 5. The summed E-state index contributed by atoms with van der Waals surface area (Å²) in [5, 5.41) is 6.17. The van der Waals surface area contributed by atoms with E-state index in [1.807, 2.05) is 37.3 Å². The number of carbonyl (C=O) groups is 1. The Morgan fingerprint density at radius 1 is 0.935 bits per heavy atom. The van der Waals surface area contributed by atoms with E-state index < -0.39 is 15.9 Å². The lowest BCUT2D eigenvalue weighted by Crippen LogP contribution is -2.18. The van der Waals surface area contributed by atoms with Gasteiger partial charge in [-0.1, -0.05) is 36.4 Å². The quantitative estimate of drug-likeness (QED) is 0.417. The smallest absolute Gasteiger partial charge is 0.271 e. The maximum atomic E-state index is 13.2. The van der Waals surface area contributed by atoms with E-state index >= 15 is 0 Å². The molecule has 4 aromatic rings. The third-order valence-electron chi connectivity index (χ3n) is 4.74. The number of fused-ring (bicyclic) bond motifs is 1. The summed E-state index contributed by atoms with van der Waals surface area (Å²) in [6, 6.07) is 19.4. The second-order valence-corrected chi connectivity index (χ2v) is 9.80. The SMILES string of the molecule is COc1ccc(C)cc1NC(=O)c1cc2ccccc2cc1NS(=O)(=O)c1cccs1. The zero-order valence-electron chi connectivity index (χ0n) is 16.9. The van der Waals surface area contributed by atoms with E-state index in [4.69, 9.17) is 4.74 Å². The van der Waals surface area contributed by atoms with E-state index in [0.29, 0.717) is 11.4 Å². The first-order valence-electron chi connectivity index (χ1n) is 9.42. The molecule has 0 bridgehead atoms. The molecule has 0 radical (unpaired) electrons. The van der Waals surface area contributed by atoms with Crippen LogP contribution in [-0.4, -0.2) is 21.4 Å². The number of rotatable bonds is 6. The number of ether oxygens (including phenoxy) is 1. The molecule has 1 aromatic heterocycles. The van der Waals surface area contributed by atoms with Crippen molar-refractivity contribution in [2.24, 2.45) is 0 Å². The van der Waals surface area contributed by atoms with Gasteiger partial charge in [-0.05, 0) is 59.0 Å². The van der Waals surface area contributed by atoms with E-state index in [0.717, 1.165) is 27.7 Å². The van der Waals surface area contributed by atoms with Gasteiger partial charge in [0.1, 0.15) is 9.96 Å². The standard InChI is InChI=1S/C23H20N2O4S2/c1-15-9-10-21(29-2)20(12-15)24-23(26)18-13-16-6-3-4-7-17(16)14-19(18)25-31(27,28)22-8-5-11-30-22/h3-14,25H,1-2H3,(H,24,26). The van der Waals surface area contributed by atoms with Crippen molar-refractivity contribution in [2.45, 2.75) is 11.1 Å². The van der Waals surface area contributed by atoms with Crippen LogP contribution in [0.5, 0.6) is 5.75 Å². The molecular formula is C23H20N2O4S2. The first kappa shape index (κ1) is 20.9. The second-order valence-electron chi connectivity index (χ2n) is 6.94. The molecule has 1 heterocycles. The molecule has 3 aromatic carbocycles. The van der Waals surface area contributed by atoms with Gasteiger partial charge in [0.2, 0.25) is 0 Å². The Bertz CT molecular complexity index is 1360. The van der Waals surface area contributed by atoms with Gasteiger partial charge in [-0.3, -0.25) is 9.52 Å². The highest BCUT2D eigenvalue weighted by Crippen LogP contribution is 2.30. The Kier molecular flexibility index (Phi) is 5.67. The summed E-state index contributed by atoms with van der Waals surface area (Å²) in [4.78, 5) is 13.2. The molecular weight excluding hydrogens is 432 g/mol. The lowest BCUT2D eigenvalue weighted by Gasteiger charge is -2.15. The number of thiophene rings is 1. The Hall–Kier alpha value is -3.36. The second kappa shape index (κ2) is 8.41. The number of carbonyl (C=O) groups excluding carboxylic acids is 1. The molecule has 0 atom stereocenters. The monoisotopic (exact) mass is 452 g/mol. The topological polar surface area (TPSA) is 84.5 Å². The van der Waals surface area contributed by atoms with Crippen molar-refractivity contribution < 1.29 is 17.9 Å². The van der Waals surface area contributed by atoms with Crippen molar-refractivity contribution in [3.05, 3.63) is 83.2 Å². The molecule has 0 spiro atoms. The summed E-state index contributed by atoms with van der Waals surface area (Å²) in [5.74, 6) is 0.0685. The van der Waals surface area contributed by atoms with Gasteiger partial charge in [0.25, 0.3) is 15.9 Å². The minimum absolute atomic E-state index is 0.173. The number of aryl methyl sites for hydroxylation is 1. The van der Waals surface area contributed by atoms with Gasteiger partial charge in [0.05, 0.1) is 24.0 Å². The Morgan fingerprint density at radius 2 is 1.68 bits per heavy atom. The molecule has 0 aliphatic rings. The van der Waals surface area contributed by atoms with Crippen LogP contribution in [0.15, 0.2) is 76.3 Å². The van der Waals surface area contributed by atoms with Crippen LogP contribution in [0.25, 0.3) is 10.8 Å². The molecule has 4 rings (SSSR count). The van der Waals surface area contributed by atoms with Crippen molar-refractivity contribution in [3.63, 3.8) is 0 Å². The number of amides is 1. The van der Waals surface area contributed by atoms with Gasteiger partial charge < -0.3 is 10.1 Å². The normalized spacial score (nSPS) is 11.3. The minimum atomic E-state index is -3.82. The summed E-state index contributed by atoms with van der Waals surface area (Å²) in [6.07, 6.45) is 0. The zero-order chi connectivity index (χ0) is 22.0. The van der Waals surface area contributed by atoms with E-state index in [9.17, 15) is 13.2 Å². The zero-order valence-corrected chi connectivity index (χ0v) is 18.5. The fourth-order valence-corrected chi connectivity index (χ4v) is 5.30. The molecule has 0 aliphatic heterocycles. The van der Waals surface area contributed by atoms with Gasteiger partial charge in [-0.15, -0.1) is 11.3 Å². The Labute approximate surface area is 184 Å². The Balaban J connectivity index is 1.78. The van der Waals surface area contributed by atoms with Gasteiger partial charge in [0.15, 0.2) is 0 Å². The summed E-state index contributed by atoms with van der Waals surface area (Å²) in [5.41, 5.74) is 1.87. The first-order chi connectivity index (χ1) is 14.9.